The van der Waals surface area contributed by atoms with Gasteiger partial charge >= 0.3 is 5.69 Å². The molecule has 1 saturated heterocycles. The Kier molecular flexibility index (Phi) is 6.92. The van der Waals surface area contributed by atoms with Crippen LogP contribution in [0, 0.1) is 0 Å². The first-order valence-corrected chi connectivity index (χ1v) is 9.32. The molecule has 0 amide bonds. The van der Waals surface area contributed by atoms with Gasteiger partial charge in [-0.05, 0) is 33.3 Å². The minimum Gasteiger partial charge on any atom is -0.375 e. The van der Waals surface area contributed by atoms with Crippen molar-refractivity contribution in [3.63, 3.8) is 0 Å². The van der Waals surface area contributed by atoms with Gasteiger partial charge in [0.25, 0.3) is 0 Å². The molecule has 7 heteroatoms. The number of hydrogen-bond donors (Lipinski definition) is 0. The highest BCUT2D eigenvalue weighted by Gasteiger charge is 2.28. The van der Waals surface area contributed by atoms with E-state index in [4.69, 9.17) is 9.47 Å². The summed E-state index contributed by atoms with van der Waals surface area (Å²) in [4.78, 5) is 18.7. The van der Waals surface area contributed by atoms with Crippen molar-refractivity contribution >= 4 is 17.6 Å². The lowest BCUT2D eigenvalue weighted by atomic mass is 10.4. The van der Waals surface area contributed by atoms with Crippen molar-refractivity contribution in [1.82, 2.24) is 9.55 Å². The maximum Gasteiger partial charge on any atom is 0.351 e. The molecule has 0 saturated carbocycles. The van der Waals surface area contributed by atoms with E-state index >= 15 is 0 Å². The van der Waals surface area contributed by atoms with Crippen LogP contribution in [0.1, 0.15) is 40.3 Å². The monoisotopic (exact) mass is 341 g/mol. The van der Waals surface area contributed by atoms with E-state index in [-0.39, 0.29) is 23.5 Å². The second kappa shape index (κ2) is 8.70. The maximum absolute atomic E-state index is 12.3. The molecule has 0 N–H and O–H groups in total. The van der Waals surface area contributed by atoms with Crippen molar-refractivity contribution in [3.05, 3.63) is 22.7 Å². The van der Waals surface area contributed by atoms with E-state index in [0.29, 0.717) is 6.61 Å². The Balaban J connectivity index is 2.03. The smallest absolute Gasteiger partial charge is 0.351 e. The molecule has 1 unspecified atom stereocenters. The Bertz CT molecular complexity index is 550. The van der Waals surface area contributed by atoms with E-state index in [1.165, 1.54) is 0 Å². The Morgan fingerprint density at radius 2 is 2.30 bits per heavy atom. The number of hydrogen-bond acceptors (Lipinski definition) is 6. The predicted octanol–water partition coefficient (Wildman–Crippen LogP) is 2.49. The van der Waals surface area contributed by atoms with E-state index in [9.17, 15) is 4.79 Å². The van der Waals surface area contributed by atoms with Gasteiger partial charge in [-0.1, -0.05) is 6.92 Å². The van der Waals surface area contributed by atoms with Gasteiger partial charge in [0.1, 0.15) is 17.5 Å². The van der Waals surface area contributed by atoms with Crippen LogP contribution in [0.25, 0.3) is 0 Å². The molecule has 1 aromatic heterocycles. The zero-order valence-electron chi connectivity index (χ0n) is 14.4. The minimum absolute atomic E-state index is 0.0267. The highest BCUT2D eigenvalue weighted by molar-refractivity contribution is 8.00. The maximum atomic E-state index is 12.3. The molecular formula is C16H27N3O3S. The SMILES string of the molecule is CCCN(CC)c1ccn([C@@H]2CSC(COC(C)C)O2)c(=O)n1. The summed E-state index contributed by atoms with van der Waals surface area (Å²) >= 11 is 1.67. The lowest BCUT2D eigenvalue weighted by Crippen LogP contribution is -2.32. The quantitative estimate of drug-likeness (QED) is 0.724. The van der Waals surface area contributed by atoms with Crippen molar-refractivity contribution in [2.24, 2.45) is 0 Å². The predicted molar refractivity (Wildman–Crippen MR) is 94.1 cm³/mol. The number of anilines is 1. The van der Waals surface area contributed by atoms with E-state index in [2.05, 4.69) is 23.7 Å². The third-order valence-electron chi connectivity index (χ3n) is 3.62. The van der Waals surface area contributed by atoms with Gasteiger partial charge in [0.2, 0.25) is 0 Å². The Labute approximate surface area is 142 Å². The average molecular weight is 341 g/mol. The lowest BCUT2D eigenvalue weighted by molar-refractivity contribution is -0.0377. The molecule has 2 atom stereocenters. The number of aromatic nitrogens is 2. The molecule has 2 rings (SSSR count). The van der Waals surface area contributed by atoms with Crippen molar-refractivity contribution < 1.29 is 9.47 Å². The van der Waals surface area contributed by atoms with Crippen LogP contribution < -0.4 is 10.6 Å². The summed E-state index contributed by atoms with van der Waals surface area (Å²) in [5, 5.41) is 0. The molecule has 0 aromatic carbocycles. The van der Waals surface area contributed by atoms with Gasteiger partial charge in [-0.2, -0.15) is 4.98 Å². The van der Waals surface area contributed by atoms with Crippen LogP contribution in [-0.4, -0.2) is 46.5 Å². The molecule has 6 nitrogen and oxygen atoms in total. The van der Waals surface area contributed by atoms with E-state index in [0.717, 1.165) is 31.1 Å². The molecule has 130 valence electrons. The van der Waals surface area contributed by atoms with Gasteiger partial charge in [-0.15, -0.1) is 11.8 Å². The number of rotatable bonds is 8. The Hall–Kier alpha value is -1.05. The molecule has 0 aliphatic carbocycles. The van der Waals surface area contributed by atoms with Crippen molar-refractivity contribution in [3.8, 4) is 0 Å². The number of thioether (sulfide) groups is 1. The lowest BCUT2D eigenvalue weighted by Gasteiger charge is -2.22. The van der Waals surface area contributed by atoms with Gasteiger partial charge in [-0.25, -0.2) is 4.79 Å². The van der Waals surface area contributed by atoms with Crippen LogP contribution >= 0.6 is 11.8 Å². The number of nitrogens with zero attached hydrogens (tertiary/aromatic N) is 3. The molecule has 1 aliphatic heterocycles. The fraction of sp³-hybridized carbons (Fsp3) is 0.750. The Morgan fingerprint density at radius 3 is 2.91 bits per heavy atom. The van der Waals surface area contributed by atoms with Gasteiger partial charge in [0.05, 0.1) is 12.7 Å². The molecular weight excluding hydrogens is 314 g/mol. The zero-order valence-corrected chi connectivity index (χ0v) is 15.2. The first kappa shape index (κ1) is 18.3. The molecule has 1 aromatic rings. The normalized spacial score (nSPS) is 21.1. The van der Waals surface area contributed by atoms with Crippen molar-refractivity contribution in [2.75, 3.05) is 30.3 Å². The fourth-order valence-electron chi connectivity index (χ4n) is 2.45. The molecule has 2 heterocycles. The molecule has 0 radical (unpaired) electrons. The fourth-order valence-corrected chi connectivity index (χ4v) is 3.45. The summed E-state index contributed by atoms with van der Waals surface area (Å²) in [6.07, 6.45) is 2.73. The topological polar surface area (TPSA) is 56.6 Å². The summed E-state index contributed by atoms with van der Waals surface area (Å²) in [7, 11) is 0. The van der Waals surface area contributed by atoms with E-state index < -0.39 is 0 Å². The van der Waals surface area contributed by atoms with E-state index in [1.807, 2.05) is 19.9 Å². The van der Waals surface area contributed by atoms with Gasteiger partial charge in [0, 0.05) is 25.0 Å². The second-order valence-corrected chi connectivity index (χ2v) is 6.98. The minimum atomic E-state index is -0.268. The van der Waals surface area contributed by atoms with Gasteiger partial charge in [-0.3, -0.25) is 4.57 Å². The zero-order chi connectivity index (χ0) is 16.8. The van der Waals surface area contributed by atoms with E-state index in [1.54, 1.807) is 22.5 Å². The highest BCUT2D eigenvalue weighted by atomic mass is 32.2. The summed E-state index contributed by atoms with van der Waals surface area (Å²) in [6, 6.07) is 1.90. The molecule has 23 heavy (non-hydrogen) atoms. The van der Waals surface area contributed by atoms with Crippen molar-refractivity contribution in [2.45, 2.75) is 51.9 Å². The summed E-state index contributed by atoms with van der Waals surface area (Å²) in [5.74, 6) is 1.47. The molecule has 0 spiro atoms. The van der Waals surface area contributed by atoms with Crippen molar-refractivity contribution in [1.29, 1.82) is 0 Å². The van der Waals surface area contributed by atoms with Crippen LogP contribution in [0.3, 0.4) is 0 Å². The van der Waals surface area contributed by atoms with Gasteiger partial charge < -0.3 is 14.4 Å². The third kappa shape index (κ3) is 4.96. The first-order chi connectivity index (χ1) is 11.0. The second-order valence-electron chi connectivity index (χ2n) is 5.79. The van der Waals surface area contributed by atoms with Crippen LogP contribution in [0.5, 0.6) is 0 Å². The summed E-state index contributed by atoms with van der Waals surface area (Å²) in [5.41, 5.74) is -0.283. The standard InChI is InChI=1S/C16H27N3O3S/c1-5-8-18(6-2)13-7-9-19(16(20)17-13)14-11-23-15(22-14)10-21-12(3)4/h7,9,12,14-15H,5-6,8,10-11H2,1-4H3/t14-,15?/m0/s1. The molecule has 0 bridgehead atoms. The Morgan fingerprint density at radius 1 is 1.52 bits per heavy atom. The third-order valence-corrected chi connectivity index (χ3v) is 4.72. The summed E-state index contributed by atoms with van der Waals surface area (Å²) < 4.78 is 13.1. The number of ether oxygens (including phenoxy) is 2. The molecule has 1 fully saturated rings. The largest absolute Gasteiger partial charge is 0.375 e. The van der Waals surface area contributed by atoms with Crippen LogP contribution in [0.15, 0.2) is 17.1 Å². The average Bonchev–Trinajstić information content (AvgIpc) is 2.99. The van der Waals surface area contributed by atoms with Crippen LogP contribution in [-0.2, 0) is 9.47 Å². The summed E-state index contributed by atoms with van der Waals surface area (Å²) in [6.45, 7) is 10.5. The van der Waals surface area contributed by atoms with Crippen LogP contribution in [0.2, 0.25) is 0 Å². The van der Waals surface area contributed by atoms with Crippen LogP contribution in [0.4, 0.5) is 5.82 Å². The first-order valence-electron chi connectivity index (χ1n) is 8.27. The van der Waals surface area contributed by atoms with Gasteiger partial charge in [0.15, 0.2) is 0 Å². The highest BCUT2D eigenvalue weighted by Crippen LogP contribution is 2.31. The molecule has 1 aliphatic rings.